The minimum absolute atomic E-state index is 0.0798. The van der Waals surface area contributed by atoms with E-state index in [0.717, 1.165) is 5.56 Å². The Bertz CT molecular complexity index is 631. The van der Waals surface area contributed by atoms with E-state index in [1.54, 1.807) is 24.5 Å². The van der Waals surface area contributed by atoms with E-state index >= 15 is 0 Å². The van der Waals surface area contributed by atoms with Crippen LogP contribution in [0.2, 0.25) is 0 Å². The van der Waals surface area contributed by atoms with Gasteiger partial charge in [-0.2, -0.15) is 0 Å². The van der Waals surface area contributed by atoms with Crippen molar-refractivity contribution in [2.75, 3.05) is 0 Å². The first-order valence-electron chi connectivity index (χ1n) is 6.51. The van der Waals surface area contributed by atoms with Crippen molar-refractivity contribution in [3.63, 3.8) is 0 Å². The van der Waals surface area contributed by atoms with Gasteiger partial charge >= 0.3 is 0 Å². The molecular formula is C15H17FN4O. The van der Waals surface area contributed by atoms with E-state index in [4.69, 9.17) is 10.9 Å². The van der Waals surface area contributed by atoms with Crippen molar-refractivity contribution >= 4 is 5.84 Å². The third-order valence-electron chi connectivity index (χ3n) is 3.26. The molecule has 0 saturated heterocycles. The van der Waals surface area contributed by atoms with Gasteiger partial charge in [-0.3, -0.25) is 4.98 Å². The van der Waals surface area contributed by atoms with E-state index in [0.29, 0.717) is 17.7 Å². The second-order valence-corrected chi connectivity index (χ2v) is 4.67. The highest BCUT2D eigenvalue weighted by Crippen LogP contribution is 2.14. The molecule has 6 heteroatoms. The fourth-order valence-electron chi connectivity index (χ4n) is 1.94. The van der Waals surface area contributed by atoms with Gasteiger partial charge in [0.2, 0.25) is 0 Å². The van der Waals surface area contributed by atoms with Crippen LogP contribution in [0.5, 0.6) is 0 Å². The molecule has 2 rings (SSSR count). The zero-order chi connectivity index (χ0) is 15.2. The summed E-state index contributed by atoms with van der Waals surface area (Å²) in [6, 6.07) is 8.39. The number of nitrogens with two attached hydrogens (primary N) is 1. The molecule has 0 aliphatic carbocycles. The van der Waals surface area contributed by atoms with Crippen LogP contribution in [0.3, 0.4) is 0 Å². The lowest BCUT2D eigenvalue weighted by Crippen LogP contribution is -2.19. The Hall–Kier alpha value is -2.47. The predicted octanol–water partition coefficient (Wildman–Crippen LogP) is 2.17. The molecule has 2 aromatic rings. The fraction of sp³-hybridized carbons (Fsp3) is 0.200. The summed E-state index contributed by atoms with van der Waals surface area (Å²) in [5.41, 5.74) is 7.37. The van der Waals surface area contributed by atoms with Crippen LogP contribution in [0.15, 0.2) is 47.9 Å². The van der Waals surface area contributed by atoms with Gasteiger partial charge in [-0.05, 0) is 30.7 Å². The number of nitrogens with one attached hydrogen (secondary N) is 1. The third kappa shape index (κ3) is 3.76. The van der Waals surface area contributed by atoms with Crippen molar-refractivity contribution in [3.8, 4) is 0 Å². The van der Waals surface area contributed by atoms with Gasteiger partial charge in [-0.25, -0.2) is 4.39 Å². The molecule has 21 heavy (non-hydrogen) atoms. The summed E-state index contributed by atoms with van der Waals surface area (Å²) in [7, 11) is 0. The first kappa shape index (κ1) is 14.9. The van der Waals surface area contributed by atoms with E-state index in [9.17, 15) is 4.39 Å². The van der Waals surface area contributed by atoms with Gasteiger partial charge in [0.15, 0.2) is 5.84 Å². The van der Waals surface area contributed by atoms with Crippen LogP contribution >= 0.6 is 0 Å². The normalized spacial score (nSPS) is 13.1. The highest BCUT2D eigenvalue weighted by molar-refractivity contribution is 5.97. The highest BCUT2D eigenvalue weighted by atomic mass is 19.1. The van der Waals surface area contributed by atoms with E-state index < -0.39 is 5.82 Å². The molecule has 0 saturated carbocycles. The quantitative estimate of drug-likeness (QED) is 0.341. The number of hydrogen-bond donors (Lipinski definition) is 3. The Kier molecular flexibility index (Phi) is 4.84. The SMILES string of the molecule is CC(NCc1ccc(C(N)=NO)cc1F)c1ccncc1. The number of benzene rings is 1. The molecule has 1 aromatic heterocycles. The summed E-state index contributed by atoms with van der Waals surface area (Å²) in [6.45, 7) is 2.38. The number of halogens is 1. The molecule has 1 unspecified atom stereocenters. The molecule has 0 bridgehead atoms. The van der Waals surface area contributed by atoms with Crippen LogP contribution < -0.4 is 11.1 Å². The molecule has 1 heterocycles. The maximum absolute atomic E-state index is 14.0. The first-order valence-corrected chi connectivity index (χ1v) is 6.51. The molecule has 0 radical (unpaired) electrons. The van der Waals surface area contributed by atoms with Gasteiger partial charge < -0.3 is 16.3 Å². The van der Waals surface area contributed by atoms with Crippen molar-refractivity contribution in [2.45, 2.75) is 19.5 Å². The maximum Gasteiger partial charge on any atom is 0.170 e. The smallest absolute Gasteiger partial charge is 0.170 e. The topological polar surface area (TPSA) is 83.5 Å². The minimum Gasteiger partial charge on any atom is -0.409 e. The second kappa shape index (κ2) is 6.81. The summed E-state index contributed by atoms with van der Waals surface area (Å²) in [6.07, 6.45) is 3.44. The van der Waals surface area contributed by atoms with Crippen molar-refractivity contribution in [1.29, 1.82) is 0 Å². The number of aromatic nitrogens is 1. The fourth-order valence-corrected chi connectivity index (χ4v) is 1.94. The maximum atomic E-state index is 14.0. The first-order chi connectivity index (χ1) is 10.1. The Morgan fingerprint density at radius 2 is 2.10 bits per heavy atom. The van der Waals surface area contributed by atoms with E-state index in [-0.39, 0.29) is 11.9 Å². The third-order valence-corrected chi connectivity index (χ3v) is 3.26. The molecule has 0 aliphatic rings. The number of pyridine rings is 1. The van der Waals surface area contributed by atoms with Crippen molar-refractivity contribution in [2.24, 2.45) is 10.9 Å². The minimum atomic E-state index is -0.395. The summed E-state index contributed by atoms with van der Waals surface area (Å²) >= 11 is 0. The van der Waals surface area contributed by atoms with Gasteiger partial charge in [-0.1, -0.05) is 17.3 Å². The van der Waals surface area contributed by atoms with Crippen LogP contribution in [0.4, 0.5) is 4.39 Å². The van der Waals surface area contributed by atoms with E-state index in [2.05, 4.69) is 15.5 Å². The Morgan fingerprint density at radius 1 is 1.38 bits per heavy atom. The van der Waals surface area contributed by atoms with Gasteiger partial charge in [-0.15, -0.1) is 0 Å². The molecular weight excluding hydrogens is 271 g/mol. The summed E-state index contributed by atoms with van der Waals surface area (Å²) in [4.78, 5) is 3.96. The Morgan fingerprint density at radius 3 is 2.71 bits per heavy atom. The predicted molar refractivity (Wildman–Crippen MR) is 78.4 cm³/mol. The summed E-state index contributed by atoms with van der Waals surface area (Å²) in [5, 5.41) is 14.7. The summed E-state index contributed by atoms with van der Waals surface area (Å²) < 4.78 is 14.0. The number of amidine groups is 1. The zero-order valence-electron chi connectivity index (χ0n) is 11.6. The largest absolute Gasteiger partial charge is 0.409 e. The average molecular weight is 288 g/mol. The standard InChI is InChI=1S/C15H17FN4O/c1-10(11-4-6-18-7-5-11)19-9-13-3-2-12(8-14(13)16)15(17)20-21/h2-8,10,19,21H,9H2,1H3,(H2,17,20). The van der Waals surface area contributed by atoms with Crippen molar-refractivity contribution in [1.82, 2.24) is 10.3 Å². The van der Waals surface area contributed by atoms with E-state index in [1.807, 2.05) is 19.1 Å². The van der Waals surface area contributed by atoms with Crippen LogP contribution in [0.1, 0.15) is 29.7 Å². The number of rotatable bonds is 5. The van der Waals surface area contributed by atoms with Gasteiger partial charge in [0.1, 0.15) is 5.82 Å². The van der Waals surface area contributed by atoms with Gasteiger partial charge in [0.05, 0.1) is 0 Å². The van der Waals surface area contributed by atoms with Crippen molar-refractivity contribution < 1.29 is 9.60 Å². The van der Waals surface area contributed by atoms with Crippen molar-refractivity contribution in [3.05, 3.63) is 65.2 Å². The molecule has 110 valence electrons. The lowest BCUT2D eigenvalue weighted by atomic mass is 10.1. The molecule has 0 fully saturated rings. The monoisotopic (exact) mass is 288 g/mol. The molecule has 0 aliphatic heterocycles. The highest BCUT2D eigenvalue weighted by Gasteiger charge is 2.09. The van der Waals surface area contributed by atoms with Gasteiger partial charge in [0, 0.05) is 36.1 Å². The number of hydrogen-bond acceptors (Lipinski definition) is 4. The molecule has 0 spiro atoms. The average Bonchev–Trinajstić information content (AvgIpc) is 2.53. The van der Waals surface area contributed by atoms with E-state index in [1.165, 1.54) is 6.07 Å². The molecule has 1 atom stereocenters. The summed E-state index contributed by atoms with van der Waals surface area (Å²) in [5.74, 6) is -0.507. The van der Waals surface area contributed by atoms with Gasteiger partial charge in [0.25, 0.3) is 0 Å². The van der Waals surface area contributed by atoms with Crippen LogP contribution in [0, 0.1) is 5.82 Å². The molecule has 0 amide bonds. The number of oxime groups is 1. The number of nitrogens with zero attached hydrogens (tertiary/aromatic N) is 2. The lowest BCUT2D eigenvalue weighted by Gasteiger charge is -2.14. The second-order valence-electron chi connectivity index (χ2n) is 4.67. The Labute approximate surface area is 122 Å². The van der Waals surface area contributed by atoms with Crippen LogP contribution in [0.25, 0.3) is 0 Å². The molecule has 4 N–H and O–H groups in total. The van der Waals surface area contributed by atoms with Crippen LogP contribution in [-0.2, 0) is 6.54 Å². The molecule has 5 nitrogen and oxygen atoms in total. The zero-order valence-corrected chi connectivity index (χ0v) is 11.6. The Balaban J connectivity index is 2.04. The van der Waals surface area contributed by atoms with Crippen LogP contribution in [-0.4, -0.2) is 16.0 Å². The lowest BCUT2D eigenvalue weighted by molar-refractivity contribution is 0.318. The molecule has 1 aromatic carbocycles.